The van der Waals surface area contributed by atoms with Gasteiger partial charge in [-0.05, 0) is 82.1 Å². The number of nitrogens with zero attached hydrogens (tertiary/aromatic N) is 8. The number of piperidine rings is 2. The van der Waals surface area contributed by atoms with Crippen LogP contribution in [0.1, 0.15) is 80.0 Å². The number of ether oxygens (including phenoxy) is 1. The summed E-state index contributed by atoms with van der Waals surface area (Å²) in [4.78, 5) is 86.9. The molecule has 3 atom stereocenters. The summed E-state index contributed by atoms with van der Waals surface area (Å²) in [5.74, 6) is -0.706. The number of nitrogens with one attached hydrogen (secondary N) is 2. The number of amides is 6. The number of pyridine rings is 2. The molecule has 4 aliphatic heterocycles. The minimum absolute atomic E-state index is 0.0154. The van der Waals surface area contributed by atoms with Crippen molar-refractivity contribution in [3.63, 3.8) is 0 Å². The van der Waals surface area contributed by atoms with Crippen LogP contribution in [0.2, 0.25) is 0 Å². The summed E-state index contributed by atoms with van der Waals surface area (Å²) in [7, 11) is 0. The van der Waals surface area contributed by atoms with Gasteiger partial charge in [-0.1, -0.05) is 19.1 Å². The lowest BCUT2D eigenvalue weighted by atomic mass is 9.85. The molecule has 1 aliphatic carbocycles. The molecule has 6 amide bonds. The van der Waals surface area contributed by atoms with Gasteiger partial charge in [0, 0.05) is 86.9 Å². The van der Waals surface area contributed by atoms with E-state index in [0.717, 1.165) is 67.1 Å². The Morgan fingerprint density at radius 3 is 2.45 bits per heavy atom. The van der Waals surface area contributed by atoms with Gasteiger partial charge in [0.2, 0.25) is 17.5 Å². The van der Waals surface area contributed by atoms with E-state index in [4.69, 9.17) is 16.3 Å². The molecule has 320 valence electrons. The van der Waals surface area contributed by atoms with Crippen LogP contribution in [0.15, 0.2) is 67.0 Å². The summed E-state index contributed by atoms with van der Waals surface area (Å²) in [5.41, 5.74) is 3.34. The number of hydrogen-bond acceptors (Lipinski definition) is 11. The molecule has 2 aromatic carbocycles. The van der Waals surface area contributed by atoms with Crippen LogP contribution in [0.4, 0.5) is 27.7 Å². The first-order valence-corrected chi connectivity index (χ1v) is 21.6. The summed E-state index contributed by atoms with van der Waals surface area (Å²) in [6, 6.07) is 16.1. The zero-order chi connectivity index (χ0) is 43.2. The average Bonchev–Trinajstić information content (AvgIpc) is 3.51. The van der Waals surface area contributed by atoms with Crippen molar-refractivity contribution >= 4 is 63.4 Å². The van der Waals surface area contributed by atoms with Crippen molar-refractivity contribution in [3.8, 4) is 5.75 Å². The molecular formula is C46H50N10O6. The number of benzene rings is 2. The molecule has 4 aromatic rings. The number of hydrogen-bond donors (Lipinski definition) is 2. The van der Waals surface area contributed by atoms with Crippen LogP contribution in [-0.4, -0.2) is 123 Å². The fraction of sp³-hybridized carbons (Fsp3) is 0.435. The lowest BCUT2D eigenvalue weighted by Crippen LogP contribution is -2.59. The van der Waals surface area contributed by atoms with Gasteiger partial charge in [-0.25, -0.2) is 14.6 Å². The molecule has 0 radical (unpaired) electrons. The van der Waals surface area contributed by atoms with E-state index in [9.17, 15) is 24.0 Å². The highest BCUT2D eigenvalue weighted by molar-refractivity contribution is 6.23. The second kappa shape index (κ2) is 16.7. The van der Waals surface area contributed by atoms with Gasteiger partial charge in [-0.2, -0.15) is 0 Å². The van der Waals surface area contributed by atoms with Crippen molar-refractivity contribution in [2.75, 3.05) is 47.8 Å². The Morgan fingerprint density at radius 2 is 1.73 bits per heavy atom. The molecule has 16 heteroatoms. The van der Waals surface area contributed by atoms with Gasteiger partial charge in [0.15, 0.2) is 0 Å². The maximum Gasteiger partial charge on any atom is 0.322 e. The Hall–Kier alpha value is -6.60. The Labute approximate surface area is 360 Å². The SMILES string of the molecule is [C-]#[N+]c1ccc(N2C[C@@H](C)N(C(=O)Nc3ccc(N4CCC(N(CC)C5CC(Oc6ccc7c(c6)C(=O)N(C6CCC(=O)NC6=O)C7=O)C5)CC4)nc3)C[C@@H]2C)c2cccnc12. The fourth-order valence-electron chi connectivity index (χ4n) is 9.93. The van der Waals surface area contributed by atoms with Crippen LogP contribution < -0.4 is 25.2 Å². The maximum absolute atomic E-state index is 13.6. The quantitative estimate of drug-likeness (QED) is 0.159. The Bertz CT molecular complexity index is 2480. The first-order chi connectivity index (χ1) is 30.0. The number of imide groups is 2. The van der Waals surface area contributed by atoms with E-state index in [1.54, 1.807) is 30.6 Å². The number of urea groups is 1. The lowest BCUT2D eigenvalue weighted by molar-refractivity contribution is -0.136. The van der Waals surface area contributed by atoms with Gasteiger partial charge in [0.25, 0.3) is 11.8 Å². The molecule has 3 saturated heterocycles. The zero-order valence-corrected chi connectivity index (χ0v) is 35.1. The van der Waals surface area contributed by atoms with Crippen LogP contribution in [0.3, 0.4) is 0 Å². The second-order valence-electron chi connectivity index (χ2n) is 17.0. The van der Waals surface area contributed by atoms with Gasteiger partial charge in [-0.15, -0.1) is 0 Å². The number of fused-ring (bicyclic) bond motifs is 2. The molecule has 0 spiro atoms. The van der Waals surface area contributed by atoms with Crippen LogP contribution in [0, 0.1) is 6.57 Å². The summed E-state index contributed by atoms with van der Waals surface area (Å²) in [6.45, 7) is 17.8. The third-order valence-corrected chi connectivity index (χ3v) is 13.3. The molecule has 1 saturated carbocycles. The van der Waals surface area contributed by atoms with E-state index < -0.39 is 29.7 Å². The number of aromatic nitrogens is 2. The number of piperazine rings is 1. The Kier molecular flexibility index (Phi) is 11.0. The van der Waals surface area contributed by atoms with E-state index in [2.05, 4.69) is 55.9 Å². The predicted octanol–water partition coefficient (Wildman–Crippen LogP) is 5.61. The minimum Gasteiger partial charge on any atom is -0.490 e. The van der Waals surface area contributed by atoms with E-state index in [1.807, 2.05) is 41.3 Å². The Balaban J connectivity index is 0.740. The van der Waals surface area contributed by atoms with Crippen molar-refractivity contribution in [2.24, 2.45) is 0 Å². The largest absolute Gasteiger partial charge is 0.490 e. The van der Waals surface area contributed by atoms with Crippen LogP contribution >= 0.6 is 0 Å². The predicted molar refractivity (Wildman–Crippen MR) is 232 cm³/mol. The lowest BCUT2D eigenvalue weighted by Gasteiger charge is -2.48. The molecule has 6 heterocycles. The molecule has 16 nitrogen and oxygen atoms in total. The van der Waals surface area contributed by atoms with Gasteiger partial charge in [0.1, 0.15) is 23.7 Å². The summed E-state index contributed by atoms with van der Waals surface area (Å²) < 4.78 is 6.29. The average molecular weight is 839 g/mol. The number of carbonyl (C=O) groups excluding carboxylic acids is 5. The van der Waals surface area contributed by atoms with E-state index >= 15 is 0 Å². The molecule has 5 aliphatic rings. The molecule has 2 N–H and O–H groups in total. The Morgan fingerprint density at radius 1 is 0.935 bits per heavy atom. The first kappa shape index (κ1) is 40.8. The highest BCUT2D eigenvalue weighted by Gasteiger charge is 2.45. The molecule has 2 aromatic heterocycles. The van der Waals surface area contributed by atoms with Crippen molar-refractivity contribution in [3.05, 3.63) is 89.5 Å². The maximum atomic E-state index is 13.6. The second-order valence-corrected chi connectivity index (χ2v) is 17.0. The van der Waals surface area contributed by atoms with Crippen molar-refractivity contribution in [1.29, 1.82) is 0 Å². The molecule has 0 bridgehead atoms. The monoisotopic (exact) mass is 838 g/mol. The third-order valence-electron chi connectivity index (χ3n) is 13.3. The van der Waals surface area contributed by atoms with Gasteiger partial charge in [0.05, 0.1) is 35.1 Å². The summed E-state index contributed by atoms with van der Waals surface area (Å²) >= 11 is 0. The standard InChI is InChI=1S/C46H50N10O6/c1-5-53(31-21-33(22-31)62-32-9-10-34-36(23-32)45(60)56(44(34)59)39-13-15-41(57)51-43(39)58)30-16-19-52(20-17-30)40-14-8-29(24-49-40)50-46(61)55-26-27(2)54(25-28(55)3)38-12-11-37(47-4)42-35(38)7-6-18-48-42/h6-12,14,18,23-24,27-28,30-31,33,39H,5,13,15-17,19-22,25-26H2,1-3H3,(H,50,61)(H,51,57,58)/t27-,28+,31?,33?,39?/m0/s1. The van der Waals surface area contributed by atoms with E-state index in [1.165, 1.54) is 0 Å². The first-order valence-electron chi connectivity index (χ1n) is 21.6. The van der Waals surface area contributed by atoms with Gasteiger partial charge < -0.3 is 24.8 Å². The molecule has 62 heavy (non-hydrogen) atoms. The van der Waals surface area contributed by atoms with Crippen molar-refractivity contribution in [2.45, 2.75) is 95.6 Å². The molecule has 1 unspecified atom stereocenters. The van der Waals surface area contributed by atoms with Crippen LogP contribution in [-0.2, 0) is 9.59 Å². The fourth-order valence-corrected chi connectivity index (χ4v) is 9.93. The summed E-state index contributed by atoms with van der Waals surface area (Å²) in [5, 5.41) is 6.24. The molecule has 4 fully saturated rings. The molecule has 9 rings (SSSR count). The highest BCUT2D eigenvalue weighted by Crippen LogP contribution is 2.37. The van der Waals surface area contributed by atoms with Crippen LogP contribution in [0.5, 0.6) is 5.75 Å². The van der Waals surface area contributed by atoms with Crippen LogP contribution in [0.25, 0.3) is 15.7 Å². The number of carbonyl (C=O) groups is 5. The smallest absolute Gasteiger partial charge is 0.322 e. The highest BCUT2D eigenvalue weighted by atomic mass is 16.5. The zero-order valence-electron chi connectivity index (χ0n) is 35.1. The van der Waals surface area contributed by atoms with Gasteiger partial charge >= 0.3 is 6.03 Å². The van der Waals surface area contributed by atoms with Crippen molar-refractivity contribution < 1.29 is 28.7 Å². The van der Waals surface area contributed by atoms with Crippen molar-refractivity contribution in [1.82, 2.24) is 30.0 Å². The normalized spacial score (nSPS) is 24.2. The molecular weight excluding hydrogens is 789 g/mol. The minimum atomic E-state index is -1.00. The topological polar surface area (TPSA) is 165 Å². The number of rotatable bonds is 9. The van der Waals surface area contributed by atoms with E-state index in [-0.39, 0.29) is 48.2 Å². The third kappa shape index (κ3) is 7.55. The number of anilines is 3. The summed E-state index contributed by atoms with van der Waals surface area (Å²) in [6.07, 6.45) is 7.33. The van der Waals surface area contributed by atoms with Gasteiger partial charge in [-0.3, -0.25) is 39.3 Å². The van der Waals surface area contributed by atoms with E-state index in [0.29, 0.717) is 47.8 Å².